The van der Waals surface area contributed by atoms with Gasteiger partial charge >= 0.3 is 11.9 Å². The van der Waals surface area contributed by atoms with E-state index in [1.807, 2.05) is 0 Å². The Bertz CT molecular complexity index is 447. The second-order valence-corrected chi connectivity index (χ2v) is 4.01. The Morgan fingerprint density at radius 2 is 1.25 bits per heavy atom. The maximum Gasteiger partial charge on any atom is 0.350 e. The number of hydrogen-bond donors (Lipinski definition) is 0. The van der Waals surface area contributed by atoms with Gasteiger partial charge in [0.05, 0.1) is 13.2 Å². The normalized spacial score (nSPS) is 16.3. The van der Waals surface area contributed by atoms with Gasteiger partial charge in [0, 0.05) is 0 Å². The second kappa shape index (κ2) is 7.19. The highest BCUT2D eigenvalue weighted by Gasteiger charge is 2.40. The first-order valence-electron chi connectivity index (χ1n) is 5.90. The van der Waals surface area contributed by atoms with Crippen LogP contribution in [0.1, 0.15) is 27.7 Å². The first-order valence-corrected chi connectivity index (χ1v) is 5.90. The quantitative estimate of drug-likeness (QED) is 0.530. The molecule has 0 spiro atoms. The molecule has 2 unspecified atom stereocenters. The van der Waals surface area contributed by atoms with Gasteiger partial charge in [-0.1, -0.05) is 0 Å². The molecule has 0 rings (SSSR count). The Morgan fingerprint density at radius 3 is 1.45 bits per heavy atom. The van der Waals surface area contributed by atoms with Crippen LogP contribution >= 0.6 is 0 Å². The molecule has 2 atom stereocenters. The van der Waals surface area contributed by atoms with Crippen molar-refractivity contribution in [1.29, 1.82) is 10.5 Å². The number of azo groups is 1. The fourth-order valence-corrected chi connectivity index (χ4v) is 0.961. The Hall–Kier alpha value is -2.48. The zero-order chi connectivity index (χ0) is 15.8. The third-order valence-corrected chi connectivity index (χ3v) is 2.23. The van der Waals surface area contributed by atoms with Crippen LogP contribution in [0, 0.1) is 22.7 Å². The number of ether oxygens (including phenoxy) is 2. The molecule has 0 radical (unpaired) electrons. The molecule has 0 amide bonds. The average Bonchev–Trinajstić information content (AvgIpc) is 2.44. The summed E-state index contributed by atoms with van der Waals surface area (Å²) >= 11 is 0. The summed E-state index contributed by atoms with van der Waals surface area (Å²) in [6.07, 6.45) is 0. The minimum atomic E-state index is -1.92. The van der Waals surface area contributed by atoms with Gasteiger partial charge in [0.2, 0.25) is 0 Å². The lowest BCUT2D eigenvalue weighted by Crippen LogP contribution is -2.37. The molecule has 0 aliphatic heterocycles. The lowest BCUT2D eigenvalue weighted by molar-refractivity contribution is -0.149. The maximum atomic E-state index is 11.6. The molecule has 0 aromatic carbocycles. The summed E-state index contributed by atoms with van der Waals surface area (Å²) in [7, 11) is 0. The van der Waals surface area contributed by atoms with E-state index in [1.165, 1.54) is 13.8 Å². The lowest BCUT2D eigenvalue weighted by Gasteiger charge is -2.17. The van der Waals surface area contributed by atoms with Crippen LogP contribution in [0.25, 0.3) is 0 Å². The van der Waals surface area contributed by atoms with Gasteiger partial charge in [-0.05, 0) is 27.7 Å². The topological polar surface area (TPSA) is 125 Å². The molecule has 20 heavy (non-hydrogen) atoms. The third kappa shape index (κ3) is 4.02. The summed E-state index contributed by atoms with van der Waals surface area (Å²) < 4.78 is 9.38. The van der Waals surface area contributed by atoms with Crippen LogP contribution in [0.3, 0.4) is 0 Å². The van der Waals surface area contributed by atoms with E-state index in [9.17, 15) is 9.59 Å². The SMILES string of the molecule is CCOC(=O)C(C)(C#N)N=NC(C)(C#N)C(=O)OCC. The highest BCUT2D eigenvalue weighted by atomic mass is 16.5. The van der Waals surface area contributed by atoms with Crippen molar-refractivity contribution in [3.63, 3.8) is 0 Å². The van der Waals surface area contributed by atoms with Gasteiger partial charge in [0.1, 0.15) is 12.1 Å². The monoisotopic (exact) mass is 280 g/mol. The Balaban J connectivity index is 5.33. The van der Waals surface area contributed by atoms with E-state index in [0.717, 1.165) is 0 Å². The first kappa shape index (κ1) is 17.5. The van der Waals surface area contributed by atoms with Crippen LogP contribution in [0.4, 0.5) is 0 Å². The van der Waals surface area contributed by atoms with Gasteiger partial charge in [-0.2, -0.15) is 20.8 Å². The second-order valence-electron chi connectivity index (χ2n) is 4.01. The molecule has 0 aliphatic rings. The van der Waals surface area contributed by atoms with Crippen molar-refractivity contribution in [1.82, 2.24) is 0 Å². The molecule has 8 nitrogen and oxygen atoms in total. The van der Waals surface area contributed by atoms with Crippen molar-refractivity contribution in [3.8, 4) is 12.1 Å². The summed E-state index contributed by atoms with van der Waals surface area (Å²) in [4.78, 5) is 23.2. The van der Waals surface area contributed by atoms with Gasteiger partial charge in [0.25, 0.3) is 11.1 Å². The molecule has 0 saturated heterocycles. The van der Waals surface area contributed by atoms with Crippen LogP contribution in [0.5, 0.6) is 0 Å². The van der Waals surface area contributed by atoms with E-state index < -0.39 is 23.0 Å². The van der Waals surface area contributed by atoms with E-state index in [1.54, 1.807) is 26.0 Å². The van der Waals surface area contributed by atoms with E-state index in [4.69, 9.17) is 20.0 Å². The smallest absolute Gasteiger partial charge is 0.350 e. The molecule has 0 bridgehead atoms. The number of carbonyl (C=O) groups is 2. The Morgan fingerprint density at radius 1 is 0.950 bits per heavy atom. The highest BCUT2D eigenvalue weighted by molar-refractivity contribution is 5.85. The molecule has 0 heterocycles. The van der Waals surface area contributed by atoms with Crippen LogP contribution in [-0.4, -0.2) is 36.2 Å². The minimum Gasteiger partial charge on any atom is -0.463 e. The first-order chi connectivity index (χ1) is 9.29. The molecule has 0 saturated carbocycles. The van der Waals surface area contributed by atoms with Crippen molar-refractivity contribution >= 4 is 11.9 Å². The van der Waals surface area contributed by atoms with E-state index >= 15 is 0 Å². The van der Waals surface area contributed by atoms with Crippen LogP contribution in [-0.2, 0) is 19.1 Å². The van der Waals surface area contributed by atoms with Crippen LogP contribution in [0.2, 0.25) is 0 Å². The van der Waals surface area contributed by atoms with Crippen LogP contribution in [0.15, 0.2) is 10.2 Å². The largest absolute Gasteiger partial charge is 0.463 e. The minimum absolute atomic E-state index is 0.0685. The number of esters is 2. The van der Waals surface area contributed by atoms with E-state index in [0.29, 0.717) is 0 Å². The number of nitriles is 2. The summed E-state index contributed by atoms with van der Waals surface area (Å²) in [5, 5.41) is 25.0. The predicted octanol–water partition coefficient (Wildman–Crippen LogP) is 1.13. The molecular weight excluding hydrogens is 264 g/mol. The van der Waals surface area contributed by atoms with E-state index in [2.05, 4.69) is 10.2 Å². The van der Waals surface area contributed by atoms with Gasteiger partial charge in [-0.15, -0.1) is 0 Å². The van der Waals surface area contributed by atoms with Gasteiger partial charge < -0.3 is 9.47 Å². The van der Waals surface area contributed by atoms with Gasteiger partial charge in [-0.25, -0.2) is 9.59 Å². The van der Waals surface area contributed by atoms with Crippen molar-refractivity contribution in [2.24, 2.45) is 10.2 Å². The standard InChI is InChI=1S/C12H16N4O4/c1-5-19-9(17)11(3,7-13)15-16-12(4,8-14)10(18)20-6-2/h5-6H2,1-4H3. The third-order valence-electron chi connectivity index (χ3n) is 2.23. The number of rotatable bonds is 6. The molecule has 8 heteroatoms. The van der Waals surface area contributed by atoms with E-state index in [-0.39, 0.29) is 13.2 Å². The zero-order valence-corrected chi connectivity index (χ0v) is 11.8. The summed E-state index contributed by atoms with van der Waals surface area (Å²) in [6.45, 7) is 5.64. The highest BCUT2D eigenvalue weighted by Crippen LogP contribution is 2.18. The molecule has 0 fully saturated rings. The maximum absolute atomic E-state index is 11.6. The predicted molar refractivity (Wildman–Crippen MR) is 66.2 cm³/mol. The van der Waals surface area contributed by atoms with Crippen molar-refractivity contribution < 1.29 is 19.1 Å². The number of hydrogen-bond acceptors (Lipinski definition) is 8. The lowest BCUT2D eigenvalue weighted by atomic mass is 10.1. The van der Waals surface area contributed by atoms with Gasteiger partial charge in [-0.3, -0.25) is 0 Å². The van der Waals surface area contributed by atoms with Gasteiger partial charge in [0.15, 0.2) is 0 Å². The fraction of sp³-hybridized carbons (Fsp3) is 0.667. The molecule has 0 aliphatic carbocycles. The number of nitrogens with zero attached hydrogens (tertiary/aromatic N) is 4. The summed E-state index contributed by atoms with van der Waals surface area (Å²) in [5.74, 6) is -1.81. The van der Waals surface area contributed by atoms with Crippen molar-refractivity contribution in [3.05, 3.63) is 0 Å². The molecule has 108 valence electrons. The molecule has 0 aromatic rings. The zero-order valence-electron chi connectivity index (χ0n) is 11.8. The molecule has 0 aromatic heterocycles. The molecule has 0 N–H and O–H groups in total. The van der Waals surface area contributed by atoms with Crippen LogP contribution < -0.4 is 0 Å². The Kier molecular flexibility index (Phi) is 6.30. The molecular formula is C12H16N4O4. The average molecular weight is 280 g/mol. The summed E-state index contributed by atoms with van der Waals surface area (Å²) in [6, 6.07) is 3.27. The van der Waals surface area contributed by atoms with Crippen molar-refractivity contribution in [2.45, 2.75) is 38.8 Å². The number of carbonyl (C=O) groups excluding carboxylic acids is 2. The van der Waals surface area contributed by atoms with Crippen molar-refractivity contribution in [2.75, 3.05) is 13.2 Å². The fourth-order valence-electron chi connectivity index (χ4n) is 0.961. The Labute approximate surface area is 117 Å². The summed E-state index contributed by atoms with van der Waals surface area (Å²) in [5.41, 5.74) is -3.83.